The lowest BCUT2D eigenvalue weighted by molar-refractivity contribution is 0.207. The van der Waals surface area contributed by atoms with Crippen LogP contribution in [0, 0.1) is 5.92 Å². The van der Waals surface area contributed by atoms with E-state index in [4.69, 9.17) is 0 Å². The Hall–Kier alpha value is -2.24. The summed E-state index contributed by atoms with van der Waals surface area (Å²) in [5.74, 6) is 0.286. The van der Waals surface area contributed by atoms with Crippen molar-refractivity contribution in [3.63, 3.8) is 0 Å². The van der Waals surface area contributed by atoms with Gasteiger partial charge in [0.2, 0.25) is 0 Å². The third-order valence-corrected chi connectivity index (χ3v) is 4.25. The Labute approximate surface area is 144 Å². The van der Waals surface area contributed by atoms with Crippen molar-refractivity contribution >= 4 is 12.1 Å². The molecule has 0 spiro atoms. The molecule has 2 atom stereocenters. The van der Waals surface area contributed by atoms with E-state index in [2.05, 4.69) is 29.8 Å². The summed E-state index contributed by atoms with van der Waals surface area (Å²) < 4.78 is 0. The molecule has 1 saturated heterocycles. The molecule has 6 nitrogen and oxygen atoms in total. The predicted molar refractivity (Wildman–Crippen MR) is 94.7 cm³/mol. The first-order chi connectivity index (χ1) is 11.5. The summed E-state index contributed by atoms with van der Waals surface area (Å²) >= 11 is 0. The van der Waals surface area contributed by atoms with Crippen molar-refractivity contribution in [3.8, 4) is 0 Å². The molecular formula is C18H28N4O2. The van der Waals surface area contributed by atoms with E-state index in [-0.39, 0.29) is 30.1 Å². The maximum absolute atomic E-state index is 12.3. The minimum absolute atomic E-state index is 0.00353. The number of benzene rings is 1. The summed E-state index contributed by atoms with van der Waals surface area (Å²) in [5, 5.41) is 8.84. The van der Waals surface area contributed by atoms with Gasteiger partial charge in [-0.25, -0.2) is 9.59 Å². The van der Waals surface area contributed by atoms with Gasteiger partial charge < -0.3 is 20.9 Å². The topological polar surface area (TPSA) is 73.5 Å². The van der Waals surface area contributed by atoms with Gasteiger partial charge in [-0.15, -0.1) is 0 Å². The highest BCUT2D eigenvalue weighted by atomic mass is 16.2. The lowest BCUT2D eigenvalue weighted by atomic mass is 9.96. The summed E-state index contributed by atoms with van der Waals surface area (Å²) in [6.07, 6.45) is 0.780. The van der Waals surface area contributed by atoms with Crippen LogP contribution in [0.5, 0.6) is 0 Å². The van der Waals surface area contributed by atoms with E-state index in [9.17, 15) is 9.59 Å². The number of rotatable bonds is 5. The molecule has 1 heterocycles. The van der Waals surface area contributed by atoms with Gasteiger partial charge in [0, 0.05) is 25.7 Å². The SMILES string of the molecule is CCNC(=O)N1CC[C@@H](NC(=O)N[C@H](c2ccccc2)C(C)C)C1. The van der Waals surface area contributed by atoms with Crippen LogP contribution in [-0.4, -0.2) is 42.6 Å². The number of carbonyl (C=O) groups excluding carboxylic acids is 2. The Morgan fingerprint density at radius 3 is 2.58 bits per heavy atom. The van der Waals surface area contributed by atoms with Crippen molar-refractivity contribution in [2.45, 2.75) is 39.3 Å². The normalized spacial score (nSPS) is 18.3. The van der Waals surface area contributed by atoms with Crippen LogP contribution in [0.25, 0.3) is 0 Å². The molecule has 0 aliphatic carbocycles. The average Bonchev–Trinajstić information content (AvgIpc) is 3.02. The Bertz CT molecular complexity index is 547. The number of likely N-dealkylation sites (tertiary alicyclic amines) is 1. The molecule has 0 unspecified atom stereocenters. The fourth-order valence-electron chi connectivity index (χ4n) is 2.99. The quantitative estimate of drug-likeness (QED) is 0.775. The van der Waals surface area contributed by atoms with Gasteiger partial charge in [0.15, 0.2) is 0 Å². The van der Waals surface area contributed by atoms with Gasteiger partial charge >= 0.3 is 12.1 Å². The molecule has 24 heavy (non-hydrogen) atoms. The number of urea groups is 2. The van der Waals surface area contributed by atoms with Crippen LogP contribution in [0.2, 0.25) is 0 Å². The highest BCUT2D eigenvalue weighted by Crippen LogP contribution is 2.21. The first kappa shape index (κ1) is 18.1. The van der Waals surface area contributed by atoms with Crippen molar-refractivity contribution < 1.29 is 9.59 Å². The van der Waals surface area contributed by atoms with Gasteiger partial charge in [-0.3, -0.25) is 0 Å². The summed E-state index contributed by atoms with van der Waals surface area (Å²) in [6.45, 7) is 7.91. The Morgan fingerprint density at radius 2 is 1.96 bits per heavy atom. The Balaban J connectivity index is 1.87. The summed E-state index contributed by atoms with van der Waals surface area (Å²) in [7, 11) is 0. The first-order valence-corrected chi connectivity index (χ1v) is 8.66. The Kier molecular flexibility index (Phi) is 6.46. The number of hydrogen-bond acceptors (Lipinski definition) is 2. The third-order valence-electron chi connectivity index (χ3n) is 4.25. The molecule has 1 fully saturated rings. The second-order valence-electron chi connectivity index (χ2n) is 6.52. The van der Waals surface area contributed by atoms with Gasteiger partial charge in [-0.2, -0.15) is 0 Å². The maximum atomic E-state index is 12.3. The molecule has 1 aliphatic rings. The van der Waals surface area contributed by atoms with Crippen molar-refractivity contribution in [3.05, 3.63) is 35.9 Å². The lowest BCUT2D eigenvalue weighted by Crippen LogP contribution is -2.46. The van der Waals surface area contributed by atoms with E-state index in [0.29, 0.717) is 19.6 Å². The van der Waals surface area contributed by atoms with E-state index in [1.54, 1.807) is 4.90 Å². The number of hydrogen-bond donors (Lipinski definition) is 3. The lowest BCUT2D eigenvalue weighted by Gasteiger charge is -2.24. The Morgan fingerprint density at radius 1 is 1.25 bits per heavy atom. The average molecular weight is 332 g/mol. The van der Waals surface area contributed by atoms with Crippen molar-refractivity contribution in [1.82, 2.24) is 20.9 Å². The van der Waals surface area contributed by atoms with E-state index >= 15 is 0 Å². The largest absolute Gasteiger partial charge is 0.338 e. The van der Waals surface area contributed by atoms with E-state index in [1.165, 1.54) is 0 Å². The van der Waals surface area contributed by atoms with Crippen LogP contribution in [0.15, 0.2) is 30.3 Å². The van der Waals surface area contributed by atoms with Gasteiger partial charge in [0.25, 0.3) is 0 Å². The van der Waals surface area contributed by atoms with E-state index in [0.717, 1.165) is 12.0 Å². The fraction of sp³-hybridized carbons (Fsp3) is 0.556. The molecular weight excluding hydrogens is 304 g/mol. The smallest absolute Gasteiger partial charge is 0.317 e. The van der Waals surface area contributed by atoms with Crippen LogP contribution in [-0.2, 0) is 0 Å². The standard InChI is InChI=1S/C18H28N4O2/c1-4-19-18(24)22-11-10-15(12-22)20-17(23)21-16(13(2)3)14-8-6-5-7-9-14/h5-9,13,15-16H,4,10-12H2,1-3H3,(H,19,24)(H2,20,21,23)/t15-,16+/m1/s1. The fourth-order valence-corrected chi connectivity index (χ4v) is 2.99. The maximum Gasteiger partial charge on any atom is 0.317 e. The van der Waals surface area contributed by atoms with Gasteiger partial charge in [0.1, 0.15) is 0 Å². The molecule has 1 aliphatic heterocycles. The van der Waals surface area contributed by atoms with Gasteiger partial charge in [0.05, 0.1) is 6.04 Å². The van der Waals surface area contributed by atoms with Gasteiger partial charge in [-0.1, -0.05) is 44.2 Å². The van der Waals surface area contributed by atoms with Crippen LogP contribution in [0.4, 0.5) is 9.59 Å². The minimum atomic E-state index is -0.180. The van der Waals surface area contributed by atoms with Crippen molar-refractivity contribution in [2.75, 3.05) is 19.6 Å². The van der Waals surface area contributed by atoms with Crippen molar-refractivity contribution in [1.29, 1.82) is 0 Å². The molecule has 1 aromatic carbocycles. The molecule has 132 valence electrons. The molecule has 3 N–H and O–H groups in total. The summed E-state index contributed by atoms with van der Waals surface area (Å²) in [5.41, 5.74) is 1.10. The predicted octanol–water partition coefficient (Wildman–Crippen LogP) is 2.49. The highest BCUT2D eigenvalue weighted by molar-refractivity contribution is 5.76. The third kappa shape index (κ3) is 4.88. The molecule has 0 aromatic heterocycles. The van der Waals surface area contributed by atoms with E-state index < -0.39 is 0 Å². The monoisotopic (exact) mass is 332 g/mol. The van der Waals surface area contributed by atoms with E-state index in [1.807, 2.05) is 37.3 Å². The highest BCUT2D eigenvalue weighted by Gasteiger charge is 2.28. The van der Waals surface area contributed by atoms with Crippen LogP contribution in [0.1, 0.15) is 38.8 Å². The zero-order valence-corrected chi connectivity index (χ0v) is 14.7. The number of nitrogens with one attached hydrogen (secondary N) is 3. The molecule has 0 bridgehead atoms. The molecule has 6 heteroatoms. The molecule has 0 saturated carbocycles. The molecule has 4 amide bonds. The molecule has 1 aromatic rings. The van der Waals surface area contributed by atoms with Crippen LogP contribution >= 0.6 is 0 Å². The van der Waals surface area contributed by atoms with Crippen LogP contribution < -0.4 is 16.0 Å². The van der Waals surface area contributed by atoms with Crippen molar-refractivity contribution in [2.24, 2.45) is 5.92 Å². The molecule has 2 rings (SSSR count). The summed E-state index contributed by atoms with van der Waals surface area (Å²) in [4.78, 5) is 25.9. The molecule has 0 radical (unpaired) electrons. The minimum Gasteiger partial charge on any atom is -0.338 e. The number of nitrogens with zero attached hydrogens (tertiary/aromatic N) is 1. The number of carbonyl (C=O) groups is 2. The first-order valence-electron chi connectivity index (χ1n) is 8.66. The van der Waals surface area contributed by atoms with Crippen LogP contribution in [0.3, 0.4) is 0 Å². The number of amides is 4. The second kappa shape index (κ2) is 8.57. The second-order valence-corrected chi connectivity index (χ2v) is 6.52. The summed E-state index contributed by atoms with van der Waals surface area (Å²) in [6, 6.07) is 9.69. The zero-order chi connectivity index (χ0) is 17.5. The zero-order valence-electron chi connectivity index (χ0n) is 14.7. The van der Waals surface area contributed by atoms with Gasteiger partial charge in [-0.05, 0) is 24.8 Å².